The Morgan fingerprint density at radius 1 is 1.56 bits per heavy atom. The average molecular weight is 250 g/mol. The molecule has 102 valence electrons. The molecule has 4 heteroatoms. The molecule has 1 aromatic heterocycles. The van der Waals surface area contributed by atoms with Crippen molar-refractivity contribution in [3.63, 3.8) is 0 Å². The summed E-state index contributed by atoms with van der Waals surface area (Å²) in [5.41, 5.74) is 7.31. The lowest BCUT2D eigenvalue weighted by atomic mass is 9.98. The van der Waals surface area contributed by atoms with Crippen molar-refractivity contribution in [3.05, 3.63) is 18.2 Å². The Bertz CT molecular complexity index is 360. The number of piperidine rings is 1. The van der Waals surface area contributed by atoms with Crippen LogP contribution in [-0.4, -0.2) is 34.1 Å². The van der Waals surface area contributed by atoms with E-state index >= 15 is 0 Å². The fourth-order valence-corrected chi connectivity index (χ4v) is 3.00. The molecule has 0 amide bonds. The van der Waals surface area contributed by atoms with Gasteiger partial charge in [0.15, 0.2) is 0 Å². The summed E-state index contributed by atoms with van der Waals surface area (Å²) < 4.78 is 2.26. The van der Waals surface area contributed by atoms with E-state index in [0.29, 0.717) is 12.6 Å². The molecule has 2 heterocycles. The fourth-order valence-electron chi connectivity index (χ4n) is 3.00. The molecule has 1 fully saturated rings. The Labute approximate surface area is 110 Å². The van der Waals surface area contributed by atoms with Gasteiger partial charge in [0.1, 0.15) is 0 Å². The van der Waals surface area contributed by atoms with Gasteiger partial charge >= 0.3 is 0 Å². The molecule has 0 aromatic carbocycles. The number of hydrogen-bond acceptors (Lipinski definition) is 3. The summed E-state index contributed by atoms with van der Waals surface area (Å²) >= 11 is 0. The zero-order chi connectivity index (χ0) is 13.0. The smallest absolute Gasteiger partial charge is 0.0948 e. The van der Waals surface area contributed by atoms with Crippen molar-refractivity contribution in [1.29, 1.82) is 0 Å². The van der Waals surface area contributed by atoms with E-state index < -0.39 is 0 Å². The van der Waals surface area contributed by atoms with E-state index in [-0.39, 0.29) is 0 Å². The molecule has 2 unspecified atom stereocenters. The van der Waals surface area contributed by atoms with Gasteiger partial charge < -0.3 is 10.3 Å². The maximum absolute atomic E-state index is 6.02. The van der Waals surface area contributed by atoms with Crippen LogP contribution in [0, 0.1) is 5.92 Å². The molecule has 1 aromatic rings. The normalized spacial score (nSPS) is 23.2. The van der Waals surface area contributed by atoms with Gasteiger partial charge in [-0.25, -0.2) is 4.98 Å². The van der Waals surface area contributed by atoms with Crippen molar-refractivity contribution in [2.45, 2.75) is 45.7 Å². The Morgan fingerprint density at radius 2 is 2.39 bits per heavy atom. The summed E-state index contributed by atoms with van der Waals surface area (Å²) in [5, 5.41) is 0. The number of hydrogen-bond donors (Lipinski definition) is 1. The van der Waals surface area contributed by atoms with Gasteiger partial charge in [-0.1, -0.05) is 13.8 Å². The first-order valence-corrected chi connectivity index (χ1v) is 7.20. The Morgan fingerprint density at radius 3 is 3.06 bits per heavy atom. The number of likely N-dealkylation sites (tertiary alicyclic amines) is 1. The fraction of sp³-hybridized carbons (Fsp3) is 0.786. The number of aryl methyl sites for hydroxylation is 1. The van der Waals surface area contributed by atoms with Gasteiger partial charge in [0.25, 0.3) is 0 Å². The van der Waals surface area contributed by atoms with Gasteiger partial charge in [-0.2, -0.15) is 0 Å². The van der Waals surface area contributed by atoms with Gasteiger partial charge in [-0.3, -0.25) is 4.90 Å². The summed E-state index contributed by atoms with van der Waals surface area (Å²) in [6.07, 6.45) is 7.71. The first-order valence-electron chi connectivity index (χ1n) is 7.20. The molecule has 1 saturated heterocycles. The second-order valence-electron chi connectivity index (χ2n) is 5.51. The van der Waals surface area contributed by atoms with E-state index in [2.05, 4.69) is 28.3 Å². The van der Waals surface area contributed by atoms with Crippen molar-refractivity contribution in [3.8, 4) is 0 Å². The highest BCUT2D eigenvalue weighted by molar-refractivity contribution is 5.07. The Balaban J connectivity index is 2.13. The summed E-state index contributed by atoms with van der Waals surface area (Å²) in [5.74, 6) is 0.787. The highest BCUT2D eigenvalue weighted by atomic mass is 15.2. The summed E-state index contributed by atoms with van der Waals surface area (Å²) in [4.78, 5) is 6.84. The van der Waals surface area contributed by atoms with Crippen LogP contribution in [0.4, 0.5) is 0 Å². The van der Waals surface area contributed by atoms with Gasteiger partial charge in [-0.05, 0) is 31.7 Å². The molecule has 0 radical (unpaired) electrons. The van der Waals surface area contributed by atoms with E-state index in [9.17, 15) is 0 Å². The third-order valence-corrected chi connectivity index (χ3v) is 3.90. The standard InChI is InChI=1S/C14H26N4/c1-3-6-18-11-16-9-14(18)13(8-15)17-7-4-5-12(2)10-17/h9,11-13H,3-8,10,15H2,1-2H3. The highest BCUT2D eigenvalue weighted by Crippen LogP contribution is 2.26. The van der Waals surface area contributed by atoms with Crippen LogP contribution in [0.3, 0.4) is 0 Å². The van der Waals surface area contributed by atoms with Crippen molar-refractivity contribution < 1.29 is 0 Å². The van der Waals surface area contributed by atoms with Crippen molar-refractivity contribution in [2.24, 2.45) is 11.7 Å². The quantitative estimate of drug-likeness (QED) is 0.869. The first kappa shape index (κ1) is 13.6. The Hall–Kier alpha value is -0.870. The van der Waals surface area contributed by atoms with Crippen LogP contribution < -0.4 is 5.73 Å². The second kappa shape index (κ2) is 6.34. The van der Waals surface area contributed by atoms with Gasteiger partial charge in [0.2, 0.25) is 0 Å². The lowest BCUT2D eigenvalue weighted by Crippen LogP contribution is -2.41. The minimum atomic E-state index is 0.335. The first-order chi connectivity index (χ1) is 8.76. The lowest BCUT2D eigenvalue weighted by Gasteiger charge is -2.37. The number of aromatic nitrogens is 2. The third-order valence-electron chi connectivity index (χ3n) is 3.90. The van der Waals surface area contributed by atoms with Crippen LogP contribution in [0.1, 0.15) is 44.8 Å². The Kier molecular flexibility index (Phi) is 4.78. The number of nitrogens with zero attached hydrogens (tertiary/aromatic N) is 3. The summed E-state index contributed by atoms with van der Waals surface area (Å²) in [6.45, 7) is 8.59. The van der Waals surface area contributed by atoms with Crippen LogP contribution in [0.15, 0.2) is 12.5 Å². The third kappa shape index (κ3) is 2.93. The summed E-state index contributed by atoms with van der Waals surface area (Å²) in [7, 11) is 0. The van der Waals surface area contributed by atoms with E-state index in [1.807, 2.05) is 12.5 Å². The molecule has 0 spiro atoms. The molecule has 1 aliphatic heterocycles. The summed E-state index contributed by atoms with van der Waals surface area (Å²) in [6, 6.07) is 0.335. The van der Waals surface area contributed by atoms with E-state index in [0.717, 1.165) is 18.9 Å². The van der Waals surface area contributed by atoms with E-state index in [1.54, 1.807) is 0 Å². The monoisotopic (exact) mass is 250 g/mol. The van der Waals surface area contributed by atoms with Crippen LogP contribution in [0.5, 0.6) is 0 Å². The molecule has 0 bridgehead atoms. The molecule has 1 aliphatic rings. The molecular weight excluding hydrogens is 224 g/mol. The molecule has 2 N–H and O–H groups in total. The molecular formula is C14H26N4. The zero-order valence-corrected chi connectivity index (χ0v) is 11.7. The van der Waals surface area contributed by atoms with Crippen LogP contribution in [0.2, 0.25) is 0 Å². The maximum Gasteiger partial charge on any atom is 0.0948 e. The van der Waals surface area contributed by atoms with Crippen LogP contribution in [0.25, 0.3) is 0 Å². The minimum absolute atomic E-state index is 0.335. The molecule has 18 heavy (non-hydrogen) atoms. The van der Waals surface area contributed by atoms with Crippen LogP contribution >= 0.6 is 0 Å². The lowest BCUT2D eigenvalue weighted by molar-refractivity contribution is 0.128. The van der Waals surface area contributed by atoms with Gasteiger partial charge in [0.05, 0.1) is 18.1 Å². The maximum atomic E-state index is 6.02. The number of nitrogens with two attached hydrogens (primary N) is 1. The molecule has 0 aliphatic carbocycles. The van der Waals surface area contributed by atoms with Gasteiger partial charge in [-0.15, -0.1) is 0 Å². The highest BCUT2D eigenvalue weighted by Gasteiger charge is 2.26. The average Bonchev–Trinajstić information content (AvgIpc) is 2.79. The molecule has 2 rings (SSSR count). The van der Waals surface area contributed by atoms with Gasteiger partial charge in [0, 0.05) is 25.8 Å². The predicted octanol–water partition coefficient (Wildman–Crippen LogP) is 2.02. The number of rotatable bonds is 5. The second-order valence-corrected chi connectivity index (χ2v) is 5.51. The topological polar surface area (TPSA) is 47.1 Å². The zero-order valence-electron chi connectivity index (χ0n) is 11.7. The van der Waals surface area contributed by atoms with Crippen molar-refractivity contribution in [2.75, 3.05) is 19.6 Å². The largest absolute Gasteiger partial charge is 0.333 e. The van der Waals surface area contributed by atoms with E-state index in [1.165, 1.54) is 31.6 Å². The molecule has 2 atom stereocenters. The molecule has 0 saturated carbocycles. The van der Waals surface area contributed by atoms with Crippen LogP contribution in [-0.2, 0) is 6.54 Å². The van der Waals surface area contributed by atoms with Crippen molar-refractivity contribution >= 4 is 0 Å². The SMILES string of the molecule is CCCn1cncc1C(CN)N1CCCC(C)C1. The molecule has 4 nitrogen and oxygen atoms in total. The number of imidazole rings is 1. The minimum Gasteiger partial charge on any atom is -0.333 e. The predicted molar refractivity (Wildman–Crippen MR) is 74.3 cm³/mol. The van der Waals surface area contributed by atoms with Crippen molar-refractivity contribution in [1.82, 2.24) is 14.5 Å². The van der Waals surface area contributed by atoms with E-state index in [4.69, 9.17) is 5.73 Å².